The van der Waals surface area contributed by atoms with E-state index in [0.717, 1.165) is 16.6 Å². The molecule has 2 aromatic rings. The Morgan fingerprint density at radius 3 is 2.05 bits per heavy atom. The minimum Gasteiger partial charge on any atom is -0.478 e. The highest BCUT2D eigenvalue weighted by atomic mass is 79.9. The maximum atomic E-state index is 12.9. The van der Waals surface area contributed by atoms with E-state index in [1.807, 2.05) is 0 Å². The Morgan fingerprint density at radius 1 is 1.00 bits per heavy atom. The Morgan fingerprint density at radius 2 is 1.55 bits per heavy atom. The Balaban J connectivity index is 2.58. The molecule has 0 amide bonds. The van der Waals surface area contributed by atoms with E-state index in [1.165, 1.54) is 6.07 Å². The van der Waals surface area contributed by atoms with Crippen LogP contribution in [0.3, 0.4) is 0 Å². The van der Waals surface area contributed by atoms with Crippen molar-refractivity contribution in [2.24, 2.45) is 0 Å². The van der Waals surface area contributed by atoms with Gasteiger partial charge >= 0.3 is 12.1 Å². The lowest BCUT2D eigenvalue weighted by Gasteiger charge is -2.12. The van der Waals surface area contributed by atoms with Gasteiger partial charge in [-0.2, -0.15) is 13.2 Å². The molecular weight excluding hydrogens is 337 g/mol. The maximum absolute atomic E-state index is 12.9. The van der Waals surface area contributed by atoms with Crippen LogP contribution in [0.4, 0.5) is 13.2 Å². The van der Waals surface area contributed by atoms with Gasteiger partial charge in [-0.1, -0.05) is 34.1 Å². The van der Waals surface area contributed by atoms with Crippen LogP contribution in [0.2, 0.25) is 0 Å². The average molecular weight is 345 g/mol. The summed E-state index contributed by atoms with van der Waals surface area (Å²) in [5.41, 5.74) is -1.01. The fourth-order valence-corrected chi connectivity index (χ4v) is 2.05. The Labute approximate surface area is 121 Å². The van der Waals surface area contributed by atoms with Crippen molar-refractivity contribution in [3.8, 4) is 11.1 Å². The number of aromatic carboxylic acids is 1. The highest BCUT2D eigenvalue weighted by molar-refractivity contribution is 9.10. The number of carbonyl (C=O) groups is 1. The topological polar surface area (TPSA) is 37.3 Å². The smallest absolute Gasteiger partial charge is 0.417 e. The van der Waals surface area contributed by atoms with Crippen LogP contribution in [-0.2, 0) is 6.18 Å². The first-order valence-corrected chi connectivity index (χ1v) is 6.29. The van der Waals surface area contributed by atoms with Crippen LogP contribution in [0.5, 0.6) is 0 Å². The molecular formula is C14H8BrF3O2. The van der Waals surface area contributed by atoms with Crippen LogP contribution < -0.4 is 0 Å². The predicted molar refractivity (Wildman–Crippen MR) is 71.5 cm³/mol. The van der Waals surface area contributed by atoms with Crippen molar-refractivity contribution < 1.29 is 23.1 Å². The summed E-state index contributed by atoms with van der Waals surface area (Å²) in [5.74, 6) is -1.60. The number of carboxylic acids is 1. The minimum atomic E-state index is -4.71. The van der Waals surface area contributed by atoms with Gasteiger partial charge in [-0.25, -0.2) is 4.79 Å². The van der Waals surface area contributed by atoms with Crippen molar-refractivity contribution in [2.75, 3.05) is 0 Å². The predicted octanol–water partition coefficient (Wildman–Crippen LogP) is 4.83. The van der Waals surface area contributed by atoms with Gasteiger partial charge in [0, 0.05) is 4.47 Å². The van der Waals surface area contributed by atoms with Gasteiger partial charge in [0.1, 0.15) is 0 Å². The van der Waals surface area contributed by atoms with Crippen molar-refractivity contribution >= 4 is 21.9 Å². The van der Waals surface area contributed by atoms with E-state index < -0.39 is 23.3 Å². The van der Waals surface area contributed by atoms with Gasteiger partial charge in [-0.05, 0) is 35.4 Å². The van der Waals surface area contributed by atoms with Gasteiger partial charge < -0.3 is 5.11 Å². The van der Waals surface area contributed by atoms with Crippen LogP contribution >= 0.6 is 15.9 Å². The lowest BCUT2D eigenvalue weighted by Crippen LogP contribution is -2.12. The number of benzene rings is 2. The molecule has 0 heterocycles. The molecule has 0 unspecified atom stereocenters. The second kappa shape index (κ2) is 5.28. The molecule has 2 nitrogen and oxygen atoms in total. The molecule has 0 aliphatic carbocycles. The summed E-state index contributed by atoms with van der Waals surface area (Å²) in [5, 5.41) is 8.82. The zero-order valence-corrected chi connectivity index (χ0v) is 11.5. The number of hydrogen-bond donors (Lipinski definition) is 1. The third-order valence-corrected chi connectivity index (χ3v) is 3.26. The quantitative estimate of drug-likeness (QED) is 0.846. The number of carboxylic acid groups (broad SMARTS) is 1. The van der Waals surface area contributed by atoms with E-state index in [9.17, 15) is 18.0 Å². The minimum absolute atomic E-state index is 0.315. The van der Waals surface area contributed by atoms with Crippen molar-refractivity contribution in [1.82, 2.24) is 0 Å². The van der Waals surface area contributed by atoms with E-state index >= 15 is 0 Å². The second-order valence-electron chi connectivity index (χ2n) is 4.07. The molecule has 20 heavy (non-hydrogen) atoms. The molecule has 1 N–H and O–H groups in total. The van der Waals surface area contributed by atoms with E-state index in [4.69, 9.17) is 5.11 Å². The van der Waals surface area contributed by atoms with Gasteiger partial charge in [-0.3, -0.25) is 0 Å². The van der Waals surface area contributed by atoms with Gasteiger partial charge in [0.15, 0.2) is 0 Å². The van der Waals surface area contributed by atoms with Crippen molar-refractivity contribution in [2.45, 2.75) is 6.18 Å². The van der Waals surface area contributed by atoms with Gasteiger partial charge in [-0.15, -0.1) is 0 Å². The van der Waals surface area contributed by atoms with Crippen LogP contribution in [0.15, 0.2) is 46.9 Å². The van der Waals surface area contributed by atoms with Crippen molar-refractivity contribution in [1.29, 1.82) is 0 Å². The number of alkyl halides is 3. The second-order valence-corrected chi connectivity index (χ2v) is 4.99. The molecule has 2 aromatic carbocycles. The lowest BCUT2D eigenvalue weighted by molar-refractivity contribution is -0.138. The highest BCUT2D eigenvalue weighted by Crippen LogP contribution is 2.35. The summed E-state index contributed by atoms with van der Waals surface area (Å²) in [4.78, 5) is 10.9. The molecule has 0 radical (unpaired) electrons. The first-order valence-electron chi connectivity index (χ1n) is 5.49. The van der Waals surface area contributed by atoms with Gasteiger partial charge in [0.25, 0.3) is 0 Å². The molecule has 2 rings (SSSR count). The molecule has 6 heteroatoms. The summed E-state index contributed by atoms with van der Waals surface area (Å²) >= 11 is 3.24. The van der Waals surface area contributed by atoms with Crippen molar-refractivity contribution in [3.63, 3.8) is 0 Å². The average Bonchev–Trinajstić information content (AvgIpc) is 2.38. The first kappa shape index (κ1) is 14.6. The number of halogens is 4. The van der Waals surface area contributed by atoms with Gasteiger partial charge in [0.2, 0.25) is 0 Å². The van der Waals surface area contributed by atoms with E-state index in [-0.39, 0.29) is 0 Å². The Bertz CT molecular complexity index is 648. The molecule has 0 saturated carbocycles. The number of hydrogen-bond acceptors (Lipinski definition) is 1. The SMILES string of the molecule is O=C(O)c1ccc(-c2ccc(Br)cc2)cc1C(F)(F)F. The molecule has 0 atom stereocenters. The molecule has 0 aromatic heterocycles. The van der Waals surface area contributed by atoms with Crippen LogP contribution in [0.25, 0.3) is 11.1 Å². The van der Waals surface area contributed by atoms with Gasteiger partial charge in [0.05, 0.1) is 11.1 Å². The molecule has 104 valence electrons. The highest BCUT2D eigenvalue weighted by Gasteiger charge is 2.35. The monoisotopic (exact) mass is 344 g/mol. The third-order valence-electron chi connectivity index (χ3n) is 2.73. The van der Waals surface area contributed by atoms with E-state index in [2.05, 4.69) is 15.9 Å². The molecule has 0 spiro atoms. The fraction of sp³-hybridized carbons (Fsp3) is 0.0714. The molecule has 0 aliphatic rings. The molecule has 0 fully saturated rings. The summed E-state index contributed by atoms with van der Waals surface area (Å²) in [6, 6.07) is 9.90. The maximum Gasteiger partial charge on any atom is 0.417 e. The standard InChI is InChI=1S/C14H8BrF3O2/c15-10-4-1-8(2-5-10)9-3-6-11(13(19)20)12(7-9)14(16,17)18/h1-7H,(H,19,20). The molecule has 0 saturated heterocycles. The third kappa shape index (κ3) is 3.01. The normalized spacial score (nSPS) is 11.4. The fourth-order valence-electron chi connectivity index (χ4n) is 1.79. The Hall–Kier alpha value is -1.82. The zero-order chi connectivity index (χ0) is 14.9. The summed E-state index contributed by atoms with van der Waals surface area (Å²) in [7, 11) is 0. The van der Waals surface area contributed by atoms with Crippen LogP contribution in [0.1, 0.15) is 15.9 Å². The largest absolute Gasteiger partial charge is 0.478 e. The summed E-state index contributed by atoms with van der Waals surface area (Å²) < 4.78 is 39.5. The van der Waals surface area contributed by atoms with Crippen LogP contribution in [-0.4, -0.2) is 11.1 Å². The summed E-state index contributed by atoms with van der Waals surface area (Å²) in [6.45, 7) is 0. The van der Waals surface area contributed by atoms with E-state index in [0.29, 0.717) is 11.1 Å². The van der Waals surface area contributed by atoms with Crippen LogP contribution in [0, 0.1) is 0 Å². The Kier molecular flexibility index (Phi) is 3.85. The summed E-state index contributed by atoms with van der Waals surface area (Å²) in [6.07, 6.45) is -4.71. The lowest BCUT2D eigenvalue weighted by atomic mass is 9.99. The molecule has 0 bridgehead atoms. The molecule has 0 aliphatic heterocycles. The zero-order valence-electron chi connectivity index (χ0n) is 9.91. The number of rotatable bonds is 2. The van der Waals surface area contributed by atoms with Crippen molar-refractivity contribution in [3.05, 3.63) is 58.1 Å². The van der Waals surface area contributed by atoms with E-state index in [1.54, 1.807) is 24.3 Å². The first-order chi connectivity index (χ1) is 9.29.